The molecule has 0 aromatic carbocycles. The number of alkyl halides is 2. The van der Waals surface area contributed by atoms with Crippen molar-refractivity contribution >= 4 is 32.4 Å². The molecule has 0 nitrogen and oxygen atoms in total. The molecule has 0 radical (unpaired) electrons. The van der Waals surface area contributed by atoms with Gasteiger partial charge in [0.2, 0.25) is 0 Å². The maximum absolute atomic E-state index is 5.49. The number of hydrogen-bond donors (Lipinski definition) is 0. The average molecular weight is 157 g/mol. The molecule has 0 aliphatic heterocycles. The Hall–Kier alpha value is 0.750. The Labute approximate surface area is 56.1 Å². The maximum Gasteiger partial charge on any atom is 0.134 e. The van der Waals surface area contributed by atoms with Gasteiger partial charge in [0.15, 0.2) is 0 Å². The summed E-state index contributed by atoms with van der Waals surface area (Å²) in [6.07, 6.45) is 2.27. The standard InChI is InChI=1S/C4H7Cl2P/c1-2-3-4(5,6)7/h2H,1,3,7H2. The Bertz CT molecular complexity index is 64.6. The first-order chi connectivity index (χ1) is 3.06. The topological polar surface area (TPSA) is 0 Å². The van der Waals surface area contributed by atoms with Crippen LogP contribution in [0.1, 0.15) is 6.42 Å². The van der Waals surface area contributed by atoms with Crippen LogP contribution in [0, 0.1) is 0 Å². The predicted octanol–water partition coefficient (Wildman–Crippen LogP) is 2.57. The molecule has 0 aromatic rings. The van der Waals surface area contributed by atoms with Crippen molar-refractivity contribution in [2.24, 2.45) is 0 Å². The Kier molecular flexibility index (Phi) is 3.23. The van der Waals surface area contributed by atoms with Crippen LogP contribution in [0.2, 0.25) is 0 Å². The third-order valence-corrected chi connectivity index (χ3v) is 0.961. The fourth-order valence-corrected chi connectivity index (χ4v) is 0.577. The fourth-order valence-electron chi connectivity index (χ4n) is 0.192. The molecule has 0 aliphatic carbocycles. The van der Waals surface area contributed by atoms with E-state index in [0.29, 0.717) is 6.42 Å². The zero-order chi connectivity index (χ0) is 5.91. The van der Waals surface area contributed by atoms with Crippen LogP contribution in [-0.4, -0.2) is 4.07 Å². The van der Waals surface area contributed by atoms with Crippen LogP contribution in [0.4, 0.5) is 0 Å². The van der Waals surface area contributed by atoms with E-state index in [4.69, 9.17) is 23.2 Å². The van der Waals surface area contributed by atoms with Crippen LogP contribution in [0.25, 0.3) is 0 Å². The van der Waals surface area contributed by atoms with Crippen LogP contribution in [-0.2, 0) is 0 Å². The summed E-state index contributed by atoms with van der Waals surface area (Å²) < 4.78 is -0.707. The van der Waals surface area contributed by atoms with Crippen molar-refractivity contribution in [1.82, 2.24) is 0 Å². The first-order valence-electron chi connectivity index (χ1n) is 1.84. The average Bonchev–Trinajstić information content (AvgIpc) is 1.30. The Morgan fingerprint density at radius 3 is 2.14 bits per heavy atom. The van der Waals surface area contributed by atoms with E-state index < -0.39 is 4.07 Å². The van der Waals surface area contributed by atoms with Crippen molar-refractivity contribution in [3.8, 4) is 0 Å². The monoisotopic (exact) mass is 156 g/mol. The zero-order valence-corrected chi connectivity index (χ0v) is 6.49. The van der Waals surface area contributed by atoms with Gasteiger partial charge in [-0.2, -0.15) is 0 Å². The summed E-state index contributed by atoms with van der Waals surface area (Å²) in [5.41, 5.74) is 0. The van der Waals surface area contributed by atoms with E-state index in [1.807, 2.05) is 0 Å². The molecule has 0 aromatic heterocycles. The first kappa shape index (κ1) is 7.75. The summed E-state index contributed by atoms with van der Waals surface area (Å²) in [5, 5.41) is 0. The zero-order valence-electron chi connectivity index (χ0n) is 3.82. The number of allylic oxidation sites excluding steroid dienone is 1. The molecule has 3 heteroatoms. The number of rotatable bonds is 2. The second-order valence-corrected chi connectivity index (χ2v) is 4.51. The Balaban J connectivity index is 3.34. The summed E-state index contributed by atoms with van der Waals surface area (Å²) in [6, 6.07) is 0. The molecule has 0 bridgehead atoms. The Morgan fingerprint density at radius 1 is 1.71 bits per heavy atom. The van der Waals surface area contributed by atoms with Crippen LogP contribution in [0.3, 0.4) is 0 Å². The molecule has 1 unspecified atom stereocenters. The summed E-state index contributed by atoms with van der Waals surface area (Å²) in [7, 11) is 2.30. The van der Waals surface area contributed by atoms with Gasteiger partial charge in [0, 0.05) is 6.42 Å². The molecule has 0 heterocycles. The molecule has 0 rings (SSSR count). The second kappa shape index (κ2) is 2.91. The minimum absolute atomic E-state index is 0.598. The number of hydrogen-bond acceptors (Lipinski definition) is 0. The van der Waals surface area contributed by atoms with E-state index >= 15 is 0 Å². The molecule has 0 saturated heterocycles. The smallest absolute Gasteiger partial charge is 0.103 e. The van der Waals surface area contributed by atoms with Gasteiger partial charge < -0.3 is 0 Å². The number of halogens is 2. The van der Waals surface area contributed by atoms with Crippen molar-refractivity contribution in [3.05, 3.63) is 12.7 Å². The lowest BCUT2D eigenvalue weighted by Gasteiger charge is -2.06. The molecule has 0 saturated carbocycles. The van der Waals surface area contributed by atoms with Gasteiger partial charge in [0.25, 0.3) is 0 Å². The summed E-state index contributed by atoms with van der Waals surface area (Å²) in [6.45, 7) is 3.46. The lowest BCUT2D eigenvalue weighted by atomic mass is 10.5. The van der Waals surface area contributed by atoms with Crippen molar-refractivity contribution < 1.29 is 0 Å². The van der Waals surface area contributed by atoms with Gasteiger partial charge in [-0.25, -0.2) is 0 Å². The molecule has 42 valence electrons. The highest BCUT2D eigenvalue weighted by Crippen LogP contribution is 2.32. The highest BCUT2D eigenvalue weighted by molar-refractivity contribution is 7.27. The normalized spacial score (nSPS) is 11.3. The molecule has 0 aliphatic rings. The van der Waals surface area contributed by atoms with Gasteiger partial charge in [-0.3, -0.25) is 0 Å². The molecular weight excluding hydrogens is 150 g/mol. The lowest BCUT2D eigenvalue weighted by molar-refractivity contribution is 1.09. The first-order valence-corrected chi connectivity index (χ1v) is 3.17. The van der Waals surface area contributed by atoms with Gasteiger partial charge in [0.05, 0.1) is 0 Å². The molecule has 0 amide bonds. The predicted molar refractivity (Wildman–Crippen MR) is 39.0 cm³/mol. The van der Waals surface area contributed by atoms with E-state index in [1.165, 1.54) is 0 Å². The van der Waals surface area contributed by atoms with Crippen LogP contribution in [0.15, 0.2) is 12.7 Å². The largest absolute Gasteiger partial charge is 0.134 e. The van der Waals surface area contributed by atoms with Crippen molar-refractivity contribution in [3.63, 3.8) is 0 Å². The fraction of sp³-hybridized carbons (Fsp3) is 0.500. The van der Waals surface area contributed by atoms with Gasteiger partial charge in [-0.05, 0) is 0 Å². The molecule has 0 fully saturated rings. The van der Waals surface area contributed by atoms with Gasteiger partial charge >= 0.3 is 0 Å². The lowest BCUT2D eigenvalue weighted by Crippen LogP contribution is -1.95. The summed E-state index contributed by atoms with van der Waals surface area (Å²) in [5.74, 6) is 0. The SMILES string of the molecule is C=CCC(P)(Cl)Cl. The van der Waals surface area contributed by atoms with Crippen molar-refractivity contribution in [1.29, 1.82) is 0 Å². The third kappa shape index (κ3) is 6.75. The van der Waals surface area contributed by atoms with E-state index in [1.54, 1.807) is 6.08 Å². The van der Waals surface area contributed by atoms with Crippen LogP contribution >= 0.6 is 32.4 Å². The van der Waals surface area contributed by atoms with Crippen molar-refractivity contribution in [2.75, 3.05) is 0 Å². The molecule has 0 N–H and O–H groups in total. The van der Waals surface area contributed by atoms with E-state index in [-0.39, 0.29) is 0 Å². The van der Waals surface area contributed by atoms with Crippen molar-refractivity contribution in [2.45, 2.75) is 10.5 Å². The van der Waals surface area contributed by atoms with E-state index in [2.05, 4.69) is 15.8 Å². The minimum atomic E-state index is -0.707. The van der Waals surface area contributed by atoms with E-state index in [9.17, 15) is 0 Å². The Morgan fingerprint density at radius 2 is 2.14 bits per heavy atom. The van der Waals surface area contributed by atoms with E-state index in [0.717, 1.165) is 0 Å². The van der Waals surface area contributed by atoms with Gasteiger partial charge in [-0.15, -0.1) is 6.58 Å². The van der Waals surface area contributed by atoms with Gasteiger partial charge in [-0.1, -0.05) is 38.5 Å². The molecule has 7 heavy (non-hydrogen) atoms. The van der Waals surface area contributed by atoms with Gasteiger partial charge in [0.1, 0.15) is 4.07 Å². The molecule has 1 atom stereocenters. The second-order valence-electron chi connectivity index (χ2n) is 1.25. The minimum Gasteiger partial charge on any atom is -0.103 e. The highest BCUT2D eigenvalue weighted by atomic mass is 35.5. The summed E-state index contributed by atoms with van der Waals surface area (Å²) in [4.78, 5) is 0. The highest BCUT2D eigenvalue weighted by Gasteiger charge is 2.12. The quantitative estimate of drug-likeness (QED) is 0.328. The molecular formula is C4H7Cl2P. The third-order valence-electron chi connectivity index (χ3n) is 0.416. The summed E-state index contributed by atoms with van der Waals surface area (Å²) >= 11 is 11.0. The van der Waals surface area contributed by atoms with Crippen LogP contribution in [0.5, 0.6) is 0 Å². The molecule has 0 spiro atoms. The maximum atomic E-state index is 5.49. The van der Waals surface area contributed by atoms with Crippen LogP contribution < -0.4 is 0 Å².